The van der Waals surface area contributed by atoms with E-state index in [-0.39, 0.29) is 11.9 Å². The van der Waals surface area contributed by atoms with Crippen LogP contribution in [0.4, 0.5) is 11.6 Å². The number of piperidine rings is 1. The minimum atomic E-state index is -0.0850. The zero-order chi connectivity index (χ0) is 30.2. The van der Waals surface area contributed by atoms with Crippen molar-refractivity contribution in [1.82, 2.24) is 30.0 Å². The zero-order valence-electron chi connectivity index (χ0n) is 25.6. The van der Waals surface area contributed by atoms with Gasteiger partial charge in [-0.15, -0.1) is 0 Å². The third kappa shape index (κ3) is 6.08. The quantitative estimate of drug-likeness (QED) is 0.201. The van der Waals surface area contributed by atoms with Crippen LogP contribution in [0.3, 0.4) is 0 Å². The van der Waals surface area contributed by atoms with Crippen LogP contribution in [0, 0.1) is 6.92 Å². The Morgan fingerprint density at radius 2 is 1.82 bits per heavy atom. The van der Waals surface area contributed by atoms with E-state index in [9.17, 15) is 4.79 Å². The minimum Gasteiger partial charge on any atom is -0.346 e. The molecule has 0 radical (unpaired) electrons. The first-order valence-corrected chi connectivity index (χ1v) is 15.7. The van der Waals surface area contributed by atoms with Gasteiger partial charge < -0.3 is 15.5 Å². The molecule has 2 N–H and O–H groups in total. The lowest BCUT2D eigenvalue weighted by Crippen LogP contribution is -2.31. The third-order valence-electron chi connectivity index (χ3n) is 9.03. The van der Waals surface area contributed by atoms with Crippen LogP contribution in [0.5, 0.6) is 0 Å². The third-order valence-corrected chi connectivity index (χ3v) is 9.03. The Labute approximate surface area is 258 Å². The normalized spacial score (nSPS) is 16.6. The van der Waals surface area contributed by atoms with Crippen molar-refractivity contribution >= 4 is 28.4 Å². The summed E-state index contributed by atoms with van der Waals surface area (Å²) in [5, 5.41) is 12.1. The average Bonchev–Trinajstić information content (AvgIpc) is 3.78. The number of aryl methyl sites for hydroxylation is 1. The van der Waals surface area contributed by atoms with Crippen LogP contribution in [0.25, 0.3) is 22.0 Å². The molecule has 1 aliphatic carbocycles. The summed E-state index contributed by atoms with van der Waals surface area (Å²) in [5.41, 5.74) is 8.18. The van der Waals surface area contributed by atoms with Gasteiger partial charge >= 0.3 is 0 Å². The summed E-state index contributed by atoms with van der Waals surface area (Å²) in [4.78, 5) is 25.1. The first-order chi connectivity index (χ1) is 21.4. The van der Waals surface area contributed by atoms with Gasteiger partial charge in [0.25, 0.3) is 5.91 Å². The summed E-state index contributed by atoms with van der Waals surface area (Å²) in [5.74, 6) is 1.03. The van der Waals surface area contributed by atoms with Crippen molar-refractivity contribution in [2.45, 2.75) is 57.5 Å². The van der Waals surface area contributed by atoms with Crippen molar-refractivity contribution in [3.8, 4) is 11.1 Å². The number of nitrogens with zero attached hydrogens (tertiary/aromatic N) is 5. The van der Waals surface area contributed by atoms with Gasteiger partial charge in [0.15, 0.2) is 0 Å². The lowest BCUT2D eigenvalue weighted by Gasteiger charge is -2.28. The molecule has 3 heterocycles. The second-order valence-corrected chi connectivity index (χ2v) is 12.5. The van der Waals surface area contributed by atoms with E-state index in [0.717, 1.165) is 59.2 Å². The summed E-state index contributed by atoms with van der Waals surface area (Å²) in [6, 6.07) is 21.1. The van der Waals surface area contributed by atoms with Crippen molar-refractivity contribution in [3.63, 3.8) is 0 Å². The molecule has 1 saturated heterocycles. The second-order valence-electron chi connectivity index (χ2n) is 12.5. The number of carbonyl (C=O) groups excluding carboxylic acids is 1. The van der Waals surface area contributed by atoms with Gasteiger partial charge in [0.1, 0.15) is 0 Å². The van der Waals surface area contributed by atoms with Crippen molar-refractivity contribution in [1.29, 1.82) is 0 Å². The van der Waals surface area contributed by atoms with Gasteiger partial charge in [-0.2, -0.15) is 5.10 Å². The molecule has 2 aromatic heterocycles. The van der Waals surface area contributed by atoms with E-state index in [1.165, 1.54) is 24.0 Å². The van der Waals surface area contributed by atoms with Gasteiger partial charge in [-0.1, -0.05) is 42.0 Å². The fourth-order valence-electron chi connectivity index (χ4n) is 6.25. The number of rotatable bonds is 8. The maximum absolute atomic E-state index is 13.4. The largest absolute Gasteiger partial charge is 0.346 e. The number of carbonyl (C=O) groups is 1. The van der Waals surface area contributed by atoms with E-state index in [2.05, 4.69) is 86.9 Å². The Morgan fingerprint density at radius 1 is 0.977 bits per heavy atom. The molecule has 5 aromatic rings. The van der Waals surface area contributed by atoms with Gasteiger partial charge in [-0.3, -0.25) is 9.48 Å². The average molecular weight is 586 g/mol. The molecule has 3 aromatic carbocycles. The summed E-state index contributed by atoms with van der Waals surface area (Å²) < 4.78 is 2.07. The predicted octanol–water partition coefficient (Wildman–Crippen LogP) is 7.18. The van der Waals surface area contributed by atoms with E-state index in [1.807, 2.05) is 43.6 Å². The van der Waals surface area contributed by atoms with Crippen LogP contribution < -0.4 is 10.6 Å². The summed E-state index contributed by atoms with van der Waals surface area (Å²) in [6.45, 7) is 6.28. The number of amides is 1. The molecule has 224 valence electrons. The monoisotopic (exact) mass is 585 g/mol. The Hall–Kier alpha value is -4.56. The summed E-state index contributed by atoms with van der Waals surface area (Å²) in [6.07, 6.45) is 10.3. The number of hydrogen-bond donors (Lipinski definition) is 2. The smallest absolute Gasteiger partial charge is 0.251 e. The first kappa shape index (κ1) is 28.2. The van der Waals surface area contributed by atoms with Gasteiger partial charge in [-0.25, -0.2) is 9.97 Å². The molecular formula is C36H39N7O. The van der Waals surface area contributed by atoms with Crippen molar-refractivity contribution in [2.75, 3.05) is 25.5 Å². The molecule has 1 aliphatic heterocycles. The molecule has 8 heteroatoms. The Kier molecular flexibility index (Phi) is 7.60. The maximum Gasteiger partial charge on any atom is 0.251 e. The van der Waals surface area contributed by atoms with E-state index in [1.54, 1.807) is 0 Å². The van der Waals surface area contributed by atoms with Crippen LogP contribution in [0.1, 0.15) is 77.7 Å². The molecule has 2 aliphatic rings. The highest BCUT2D eigenvalue weighted by Gasteiger charge is 2.27. The lowest BCUT2D eigenvalue weighted by atomic mass is 9.93. The van der Waals surface area contributed by atoms with E-state index in [4.69, 9.17) is 4.98 Å². The fourth-order valence-corrected chi connectivity index (χ4v) is 6.25. The highest BCUT2D eigenvalue weighted by Crippen LogP contribution is 2.45. The molecule has 7 rings (SSSR count). The molecule has 0 spiro atoms. The Balaban J connectivity index is 1.10. The number of hydrogen-bond acceptors (Lipinski definition) is 6. The van der Waals surface area contributed by atoms with Crippen LogP contribution in [0.15, 0.2) is 79.3 Å². The van der Waals surface area contributed by atoms with Crippen LogP contribution in [-0.2, 0) is 0 Å². The van der Waals surface area contributed by atoms with Crippen LogP contribution in [-0.4, -0.2) is 50.7 Å². The maximum atomic E-state index is 13.4. The summed E-state index contributed by atoms with van der Waals surface area (Å²) >= 11 is 0. The highest BCUT2D eigenvalue weighted by molar-refractivity contribution is 5.96. The van der Waals surface area contributed by atoms with Gasteiger partial charge in [0.05, 0.1) is 29.5 Å². The molecule has 2 fully saturated rings. The Morgan fingerprint density at radius 3 is 2.61 bits per heavy atom. The molecular weight excluding hydrogens is 546 g/mol. The molecule has 0 unspecified atom stereocenters. The van der Waals surface area contributed by atoms with Gasteiger partial charge in [-0.05, 0) is 112 Å². The molecule has 44 heavy (non-hydrogen) atoms. The number of benzene rings is 3. The number of anilines is 2. The first-order valence-electron chi connectivity index (χ1n) is 15.7. The predicted molar refractivity (Wildman–Crippen MR) is 175 cm³/mol. The van der Waals surface area contributed by atoms with Crippen molar-refractivity contribution in [2.24, 2.45) is 0 Å². The van der Waals surface area contributed by atoms with Crippen LogP contribution in [0.2, 0.25) is 0 Å². The van der Waals surface area contributed by atoms with E-state index in [0.29, 0.717) is 23.5 Å². The number of likely N-dealkylation sites (tertiary alicyclic amines) is 1. The van der Waals surface area contributed by atoms with Crippen molar-refractivity contribution < 1.29 is 4.79 Å². The lowest BCUT2D eigenvalue weighted by molar-refractivity contribution is 0.0940. The standard InChI is InChI=1S/C36H39N7O/c1-23-5-4-6-26(17-23)24(2)39-35(44)28-9-11-32(25-7-8-25)33(19-28)27-10-12-34-29(18-27)20-37-36(41-34)40-30-21-38-43(22-30)31-13-15-42(3)16-14-31/h4-6,9-12,17-22,24-25,31H,7-8,13-16H2,1-3H3,(H,39,44)(H,37,40,41)/t24-/m1/s1. The van der Waals surface area contributed by atoms with E-state index >= 15 is 0 Å². The molecule has 8 nitrogen and oxygen atoms in total. The SMILES string of the molecule is Cc1cccc([C@@H](C)NC(=O)c2ccc(C3CC3)c(-c3ccc4nc(Nc5cnn(C6CCN(C)CC6)c5)ncc4c3)c2)c1. The molecule has 1 amide bonds. The van der Waals surface area contributed by atoms with Crippen molar-refractivity contribution in [3.05, 3.63) is 102 Å². The number of fused-ring (bicyclic) bond motifs is 1. The number of aromatic nitrogens is 4. The molecule has 1 saturated carbocycles. The highest BCUT2D eigenvalue weighted by atomic mass is 16.1. The van der Waals surface area contributed by atoms with Gasteiger partial charge in [0, 0.05) is 23.3 Å². The topological polar surface area (TPSA) is 88.0 Å². The van der Waals surface area contributed by atoms with Gasteiger partial charge in [0.2, 0.25) is 5.95 Å². The summed E-state index contributed by atoms with van der Waals surface area (Å²) in [7, 11) is 2.17. The molecule has 0 bridgehead atoms. The minimum absolute atomic E-state index is 0.0680. The Bertz CT molecular complexity index is 1820. The second kappa shape index (κ2) is 11.8. The van der Waals surface area contributed by atoms with Crippen LogP contribution >= 0.6 is 0 Å². The number of nitrogens with one attached hydrogen (secondary N) is 2. The zero-order valence-corrected chi connectivity index (χ0v) is 25.6. The molecule has 1 atom stereocenters. The van der Waals surface area contributed by atoms with E-state index < -0.39 is 0 Å². The fraction of sp³-hybridized carbons (Fsp3) is 0.333.